The fraction of sp³-hybridized carbons (Fsp3) is 0.600. The molecule has 0 saturated heterocycles. The van der Waals surface area contributed by atoms with Crippen molar-refractivity contribution in [3.05, 3.63) is 22.9 Å². The average Bonchev–Trinajstić information content (AvgIpc) is 2.70. The number of rotatable bonds is 6. The topological polar surface area (TPSA) is 71.3 Å². The van der Waals surface area contributed by atoms with Crippen molar-refractivity contribution in [1.82, 2.24) is 5.32 Å². The van der Waals surface area contributed by atoms with Crippen LogP contribution in [0.5, 0.6) is 0 Å². The maximum atomic E-state index is 11.5. The van der Waals surface area contributed by atoms with E-state index in [4.69, 9.17) is 10.00 Å². The summed E-state index contributed by atoms with van der Waals surface area (Å²) in [6.07, 6.45) is 6.29. The molecule has 0 amide bonds. The van der Waals surface area contributed by atoms with E-state index in [-0.39, 0.29) is 5.57 Å². The van der Waals surface area contributed by atoms with Gasteiger partial charge >= 0.3 is 5.97 Å². The first-order valence-corrected chi connectivity index (χ1v) is 6.85. The lowest BCUT2D eigenvalue weighted by Crippen LogP contribution is -2.15. The van der Waals surface area contributed by atoms with Gasteiger partial charge in [-0.1, -0.05) is 6.08 Å². The van der Waals surface area contributed by atoms with E-state index in [2.05, 4.69) is 16.1 Å². The maximum Gasteiger partial charge on any atom is 0.348 e. The van der Waals surface area contributed by atoms with Gasteiger partial charge in [-0.2, -0.15) is 5.26 Å². The van der Waals surface area contributed by atoms with E-state index in [9.17, 15) is 4.79 Å². The summed E-state index contributed by atoms with van der Waals surface area (Å²) in [7, 11) is 2.99. The molecule has 110 valence electrons. The summed E-state index contributed by atoms with van der Waals surface area (Å²) in [6, 6.07) is 1.96. The maximum absolute atomic E-state index is 11.5. The Morgan fingerprint density at radius 2 is 2.25 bits per heavy atom. The van der Waals surface area contributed by atoms with Gasteiger partial charge in [0.15, 0.2) is 0 Å². The largest absolute Gasteiger partial charge is 0.465 e. The number of esters is 1. The fourth-order valence-electron chi connectivity index (χ4n) is 2.17. The van der Waals surface area contributed by atoms with Crippen LogP contribution in [0.1, 0.15) is 32.1 Å². The summed E-state index contributed by atoms with van der Waals surface area (Å²) in [4.78, 5) is 11.5. The number of nitrogens with zero attached hydrogens (tertiary/aromatic N) is 1. The highest BCUT2D eigenvalue weighted by molar-refractivity contribution is 5.93. The highest BCUT2D eigenvalue weighted by Gasteiger charge is 2.17. The molecule has 0 unspecified atom stereocenters. The highest BCUT2D eigenvalue weighted by atomic mass is 16.5. The molecule has 1 rings (SSSR count). The summed E-state index contributed by atoms with van der Waals surface area (Å²) in [5, 5.41) is 12.5. The molecule has 5 heteroatoms. The van der Waals surface area contributed by atoms with Crippen LogP contribution >= 0.6 is 0 Å². The molecule has 0 spiro atoms. The molecular formula is C15H22N2O3. The van der Waals surface area contributed by atoms with E-state index in [1.54, 1.807) is 7.11 Å². The molecule has 0 aromatic rings. The van der Waals surface area contributed by atoms with Gasteiger partial charge in [0.1, 0.15) is 11.6 Å². The van der Waals surface area contributed by atoms with Gasteiger partial charge in [-0.05, 0) is 37.7 Å². The lowest BCUT2D eigenvalue weighted by Gasteiger charge is -2.08. The summed E-state index contributed by atoms with van der Waals surface area (Å²) < 4.78 is 9.65. The van der Waals surface area contributed by atoms with Crippen LogP contribution in [0.25, 0.3) is 0 Å². The number of methoxy groups -OCH3 is 2. The van der Waals surface area contributed by atoms with Crippen molar-refractivity contribution in [2.75, 3.05) is 27.4 Å². The van der Waals surface area contributed by atoms with E-state index in [0.29, 0.717) is 6.42 Å². The number of hydrogen-bond donors (Lipinski definition) is 1. The Hall–Kier alpha value is -1.80. The lowest BCUT2D eigenvalue weighted by molar-refractivity contribution is -0.135. The van der Waals surface area contributed by atoms with Gasteiger partial charge in [-0.15, -0.1) is 0 Å². The van der Waals surface area contributed by atoms with Crippen LogP contribution in [-0.4, -0.2) is 33.3 Å². The van der Waals surface area contributed by atoms with Crippen LogP contribution < -0.4 is 5.32 Å². The first-order chi connectivity index (χ1) is 9.72. The monoisotopic (exact) mass is 278 g/mol. The number of nitriles is 1. The minimum Gasteiger partial charge on any atom is -0.465 e. The van der Waals surface area contributed by atoms with Crippen LogP contribution in [-0.2, 0) is 14.3 Å². The lowest BCUT2D eigenvalue weighted by atomic mass is 10.0. The Balaban J connectivity index is 2.64. The van der Waals surface area contributed by atoms with Gasteiger partial charge in [0, 0.05) is 26.0 Å². The number of carbonyl (C=O) groups is 1. The molecule has 20 heavy (non-hydrogen) atoms. The van der Waals surface area contributed by atoms with Gasteiger partial charge in [0.05, 0.1) is 7.11 Å². The molecule has 5 nitrogen and oxygen atoms in total. The van der Waals surface area contributed by atoms with Crippen LogP contribution in [0, 0.1) is 11.3 Å². The van der Waals surface area contributed by atoms with Crippen molar-refractivity contribution < 1.29 is 14.3 Å². The molecule has 0 aliphatic heterocycles. The van der Waals surface area contributed by atoms with Crippen LogP contribution in [0.2, 0.25) is 0 Å². The zero-order chi connectivity index (χ0) is 14.8. The zero-order valence-corrected chi connectivity index (χ0v) is 12.2. The SMILES string of the molecule is COCCCNC1=CC/C(=C(\C#N)C(=O)OC)CCC1. The quantitative estimate of drug-likeness (QED) is 0.348. The van der Waals surface area contributed by atoms with Crippen molar-refractivity contribution in [1.29, 1.82) is 5.26 Å². The van der Waals surface area contributed by atoms with Crippen LogP contribution in [0.3, 0.4) is 0 Å². The molecular weight excluding hydrogens is 256 g/mol. The normalized spacial score (nSPS) is 17.6. The van der Waals surface area contributed by atoms with Crippen LogP contribution in [0.15, 0.2) is 22.9 Å². The average molecular weight is 278 g/mol. The molecule has 0 radical (unpaired) electrons. The van der Waals surface area contributed by atoms with E-state index in [0.717, 1.165) is 44.4 Å². The third-order valence-corrected chi connectivity index (χ3v) is 3.25. The van der Waals surface area contributed by atoms with E-state index in [1.807, 2.05) is 6.07 Å². The summed E-state index contributed by atoms with van der Waals surface area (Å²) in [5.41, 5.74) is 2.20. The second-order valence-corrected chi connectivity index (χ2v) is 4.64. The third kappa shape index (κ3) is 5.06. The molecule has 0 atom stereocenters. The predicted molar refractivity (Wildman–Crippen MR) is 75.7 cm³/mol. The van der Waals surface area contributed by atoms with Crippen LogP contribution in [0.4, 0.5) is 0 Å². The molecule has 1 aliphatic carbocycles. The van der Waals surface area contributed by atoms with Gasteiger partial charge in [0.25, 0.3) is 0 Å². The third-order valence-electron chi connectivity index (χ3n) is 3.25. The standard InChI is InChI=1S/C15H22N2O3/c1-19-10-4-9-17-13-6-3-5-12(7-8-13)14(11-16)15(18)20-2/h8,17H,3-7,9-10H2,1-2H3/b14-12+. The van der Waals surface area contributed by atoms with Gasteiger partial charge in [-0.25, -0.2) is 4.79 Å². The summed E-state index contributed by atoms with van der Waals surface area (Å²) in [5.74, 6) is -0.535. The second-order valence-electron chi connectivity index (χ2n) is 4.64. The molecule has 0 aromatic carbocycles. The number of nitrogens with one attached hydrogen (secondary N) is 1. The van der Waals surface area contributed by atoms with Crippen molar-refractivity contribution >= 4 is 5.97 Å². The molecule has 1 N–H and O–H groups in total. The molecule has 0 aromatic heterocycles. The Morgan fingerprint density at radius 1 is 1.45 bits per heavy atom. The molecule has 0 bridgehead atoms. The minimum atomic E-state index is -0.535. The van der Waals surface area contributed by atoms with Gasteiger partial charge < -0.3 is 14.8 Å². The van der Waals surface area contributed by atoms with E-state index >= 15 is 0 Å². The molecule has 0 fully saturated rings. The highest BCUT2D eigenvalue weighted by Crippen LogP contribution is 2.24. The Morgan fingerprint density at radius 3 is 2.90 bits per heavy atom. The molecule has 0 saturated carbocycles. The van der Waals surface area contributed by atoms with E-state index in [1.165, 1.54) is 12.8 Å². The Bertz CT molecular complexity index is 433. The number of ether oxygens (including phenoxy) is 2. The Labute approximate surface area is 120 Å². The van der Waals surface area contributed by atoms with Crippen molar-refractivity contribution in [2.45, 2.75) is 32.1 Å². The fourth-order valence-corrected chi connectivity index (χ4v) is 2.17. The van der Waals surface area contributed by atoms with Crippen molar-refractivity contribution in [3.8, 4) is 6.07 Å². The first-order valence-electron chi connectivity index (χ1n) is 6.85. The zero-order valence-electron chi connectivity index (χ0n) is 12.2. The molecule has 0 heterocycles. The minimum absolute atomic E-state index is 0.157. The van der Waals surface area contributed by atoms with Gasteiger partial charge in [0.2, 0.25) is 0 Å². The molecule has 1 aliphatic rings. The predicted octanol–water partition coefficient (Wildman–Crippen LogP) is 2.06. The number of hydrogen-bond acceptors (Lipinski definition) is 5. The van der Waals surface area contributed by atoms with Crippen molar-refractivity contribution in [3.63, 3.8) is 0 Å². The second kappa shape index (κ2) is 9.16. The van der Waals surface area contributed by atoms with Crippen molar-refractivity contribution in [2.24, 2.45) is 0 Å². The number of allylic oxidation sites excluding steroid dienone is 3. The van der Waals surface area contributed by atoms with E-state index < -0.39 is 5.97 Å². The first kappa shape index (κ1) is 16.3. The van der Waals surface area contributed by atoms with Gasteiger partial charge in [-0.3, -0.25) is 0 Å². The summed E-state index contributed by atoms with van der Waals surface area (Å²) >= 11 is 0. The summed E-state index contributed by atoms with van der Waals surface area (Å²) in [6.45, 7) is 1.62. The number of carbonyl (C=O) groups excluding carboxylic acids is 1. The smallest absolute Gasteiger partial charge is 0.348 e. The Kier molecular flexibility index (Phi) is 7.44.